The summed E-state index contributed by atoms with van der Waals surface area (Å²) in [5, 5.41) is 8.12. The van der Waals surface area contributed by atoms with Crippen LogP contribution in [0.1, 0.15) is 10.4 Å². The van der Waals surface area contributed by atoms with Gasteiger partial charge in [-0.2, -0.15) is 0 Å². The summed E-state index contributed by atoms with van der Waals surface area (Å²) in [6, 6.07) is 21.0. The van der Waals surface area contributed by atoms with E-state index in [1.807, 2.05) is 18.2 Å². The number of urea groups is 1. The van der Waals surface area contributed by atoms with Crippen LogP contribution < -0.4 is 16.0 Å². The lowest BCUT2D eigenvalue weighted by molar-refractivity contribution is 0.102. The second-order valence-corrected chi connectivity index (χ2v) is 8.95. The molecule has 0 saturated carbocycles. The van der Waals surface area contributed by atoms with Gasteiger partial charge in [0.25, 0.3) is 5.91 Å². The molecule has 0 atom stereocenters. The lowest BCUT2D eigenvalue weighted by Crippen LogP contribution is -2.22. The average Bonchev–Trinajstić information content (AvgIpc) is 2.74. The van der Waals surface area contributed by atoms with Gasteiger partial charge in [-0.15, -0.1) is 0 Å². The van der Waals surface area contributed by atoms with Crippen LogP contribution in [-0.4, -0.2) is 38.8 Å². The SMILES string of the molecule is CN(C)S(=O)(=O)c1cccc(C(=O)Nc2cccc(NC(=O)Nc3ccccc3)c2)c1. The van der Waals surface area contributed by atoms with Crippen LogP contribution in [0.3, 0.4) is 0 Å². The van der Waals surface area contributed by atoms with E-state index in [0.717, 1.165) is 4.31 Å². The molecule has 0 spiro atoms. The molecule has 31 heavy (non-hydrogen) atoms. The quantitative estimate of drug-likeness (QED) is 0.543. The van der Waals surface area contributed by atoms with Crippen LogP contribution in [0.4, 0.5) is 21.9 Å². The maximum absolute atomic E-state index is 12.6. The van der Waals surface area contributed by atoms with E-state index in [1.165, 1.54) is 38.4 Å². The third-order valence-corrected chi connectivity index (χ3v) is 6.10. The average molecular weight is 439 g/mol. The second kappa shape index (κ2) is 9.41. The zero-order valence-corrected chi connectivity index (χ0v) is 17.8. The van der Waals surface area contributed by atoms with Crippen molar-refractivity contribution in [2.75, 3.05) is 30.0 Å². The van der Waals surface area contributed by atoms with Gasteiger partial charge in [-0.05, 0) is 48.5 Å². The Morgan fingerprint density at radius 1 is 0.710 bits per heavy atom. The largest absolute Gasteiger partial charge is 0.323 e. The van der Waals surface area contributed by atoms with Crippen LogP contribution in [0.2, 0.25) is 0 Å². The number of benzene rings is 3. The Labute approximate surface area is 180 Å². The van der Waals surface area contributed by atoms with Crippen LogP contribution in [-0.2, 0) is 10.0 Å². The third kappa shape index (κ3) is 5.68. The number of carbonyl (C=O) groups is 2. The molecule has 3 N–H and O–H groups in total. The fourth-order valence-electron chi connectivity index (χ4n) is 2.70. The Morgan fingerprint density at radius 3 is 1.97 bits per heavy atom. The minimum Gasteiger partial charge on any atom is -0.322 e. The minimum atomic E-state index is -3.65. The van der Waals surface area contributed by atoms with Gasteiger partial charge in [-0.25, -0.2) is 17.5 Å². The molecule has 3 amide bonds. The highest BCUT2D eigenvalue weighted by molar-refractivity contribution is 7.89. The van der Waals surface area contributed by atoms with Crippen LogP contribution in [0.15, 0.2) is 83.8 Å². The lowest BCUT2D eigenvalue weighted by atomic mass is 10.2. The van der Waals surface area contributed by atoms with Crippen molar-refractivity contribution in [1.29, 1.82) is 0 Å². The first-order chi connectivity index (χ1) is 14.8. The molecule has 160 valence electrons. The van der Waals surface area contributed by atoms with Crippen LogP contribution in [0.5, 0.6) is 0 Å². The van der Waals surface area contributed by atoms with Crippen molar-refractivity contribution in [2.45, 2.75) is 4.90 Å². The van der Waals surface area contributed by atoms with E-state index in [-0.39, 0.29) is 10.5 Å². The molecule has 0 aromatic heterocycles. The van der Waals surface area contributed by atoms with Gasteiger partial charge in [-0.3, -0.25) is 4.79 Å². The molecule has 0 bridgehead atoms. The van der Waals surface area contributed by atoms with Crippen molar-refractivity contribution in [3.05, 3.63) is 84.4 Å². The van der Waals surface area contributed by atoms with Gasteiger partial charge < -0.3 is 16.0 Å². The van der Waals surface area contributed by atoms with E-state index in [9.17, 15) is 18.0 Å². The number of hydrogen-bond acceptors (Lipinski definition) is 4. The smallest absolute Gasteiger partial charge is 0.322 e. The fourth-order valence-corrected chi connectivity index (χ4v) is 3.65. The first-order valence-corrected chi connectivity index (χ1v) is 10.8. The molecule has 0 aliphatic rings. The summed E-state index contributed by atoms with van der Waals surface area (Å²) in [5.41, 5.74) is 1.78. The van der Waals surface area contributed by atoms with E-state index < -0.39 is 22.0 Å². The maximum atomic E-state index is 12.6. The second-order valence-electron chi connectivity index (χ2n) is 6.80. The summed E-state index contributed by atoms with van der Waals surface area (Å²) < 4.78 is 25.7. The summed E-state index contributed by atoms with van der Waals surface area (Å²) in [6.45, 7) is 0. The summed E-state index contributed by atoms with van der Waals surface area (Å²) in [7, 11) is -0.803. The molecular formula is C22H22N4O4S. The summed E-state index contributed by atoms with van der Waals surface area (Å²) >= 11 is 0. The molecule has 0 radical (unpaired) electrons. The Kier molecular flexibility index (Phi) is 6.68. The van der Waals surface area contributed by atoms with Gasteiger partial charge in [0, 0.05) is 36.7 Å². The number of amides is 3. The molecule has 0 heterocycles. The number of rotatable bonds is 6. The molecule has 9 heteroatoms. The zero-order chi connectivity index (χ0) is 22.4. The zero-order valence-electron chi connectivity index (χ0n) is 17.0. The minimum absolute atomic E-state index is 0.0261. The number of hydrogen-bond donors (Lipinski definition) is 3. The van der Waals surface area contributed by atoms with Gasteiger partial charge >= 0.3 is 6.03 Å². The summed E-state index contributed by atoms with van der Waals surface area (Å²) in [5.74, 6) is -0.471. The number of para-hydroxylation sites is 1. The van der Waals surface area contributed by atoms with Crippen molar-refractivity contribution in [2.24, 2.45) is 0 Å². The standard InChI is InChI=1S/C22H22N4O4S/c1-26(2)31(29,30)20-13-6-8-16(14-20)21(27)23-18-11-7-12-19(15-18)25-22(28)24-17-9-4-3-5-10-17/h3-15H,1-2H3,(H,23,27)(H2,24,25,28). The van der Waals surface area contributed by atoms with Gasteiger partial charge in [0.2, 0.25) is 10.0 Å². The number of sulfonamides is 1. The van der Waals surface area contributed by atoms with Crippen LogP contribution in [0.25, 0.3) is 0 Å². The molecule has 3 aromatic carbocycles. The molecule has 0 saturated heterocycles. The third-order valence-electron chi connectivity index (χ3n) is 4.28. The highest BCUT2D eigenvalue weighted by Gasteiger charge is 2.18. The number of nitrogens with one attached hydrogen (secondary N) is 3. The van der Waals surface area contributed by atoms with E-state index in [0.29, 0.717) is 17.1 Å². The van der Waals surface area contributed by atoms with Crippen LogP contribution >= 0.6 is 0 Å². The first-order valence-electron chi connectivity index (χ1n) is 9.33. The highest BCUT2D eigenvalue weighted by atomic mass is 32.2. The molecule has 3 aromatic rings. The Morgan fingerprint density at radius 2 is 1.29 bits per heavy atom. The van der Waals surface area contributed by atoms with E-state index in [1.54, 1.807) is 36.4 Å². The van der Waals surface area contributed by atoms with E-state index in [4.69, 9.17) is 0 Å². The first kappa shape index (κ1) is 22.0. The van der Waals surface area contributed by atoms with Gasteiger partial charge in [0.05, 0.1) is 4.90 Å². The molecule has 0 aliphatic heterocycles. The number of nitrogens with zero attached hydrogens (tertiary/aromatic N) is 1. The van der Waals surface area contributed by atoms with Gasteiger partial charge in [0.1, 0.15) is 0 Å². The predicted octanol–water partition coefficient (Wildman–Crippen LogP) is 3.83. The van der Waals surface area contributed by atoms with E-state index >= 15 is 0 Å². The highest BCUT2D eigenvalue weighted by Crippen LogP contribution is 2.19. The normalized spacial score (nSPS) is 11.1. The van der Waals surface area contributed by atoms with Crippen molar-refractivity contribution >= 4 is 39.0 Å². The van der Waals surface area contributed by atoms with Gasteiger partial charge in [0.15, 0.2) is 0 Å². The van der Waals surface area contributed by atoms with Crippen molar-refractivity contribution in [1.82, 2.24) is 4.31 Å². The summed E-state index contributed by atoms with van der Waals surface area (Å²) in [6.07, 6.45) is 0. The van der Waals surface area contributed by atoms with Crippen molar-refractivity contribution in [3.63, 3.8) is 0 Å². The Balaban J connectivity index is 1.70. The molecule has 0 unspecified atom stereocenters. The lowest BCUT2D eigenvalue weighted by Gasteiger charge is -2.13. The molecule has 8 nitrogen and oxygen atoms in total. The van der Waals surface area contributed by atoms with Crippen molar-refractivity contribution < 1.29 is 18.0 Å². The van der Waals surface area contributed by atoms with Crippen molar-refractivity contribution in [3.8, 4) is 0 Å². The molecular weight excluding hydrogens is 416 g/mol. The summed E-state index contributed by atoms with van der Waals surface area (Å²) in [4.78, 5) is 24.8. The molecule has 3 rings (SSSR count). The van der Waals surface area contributed by atoms with E-state index in [2.05, 4.69) is 16.0 Å². The monoisotopic (exact) mass is 438 g/mol. The van der Waals surface area contributed by atoms with Crippen LogP contribution in [0, 0.1) is 0 Å². The van der Waals surface area contributed by atoms with Gasteiger partial charge in [-0.1, -0.05) is 30.3 Å². The predicted molar refractivity (Wildman–Crippen MR) is 121 cm³/mol. The fraction of sp³-hybridized carbons (Fsp3) is 0.0909. The Hall–Kier alpha value is -3.69. The number of carbonyl (C=O) groups excluding carboxylic acids is 2. The number of anilines is 3. The topological polar surface area (TPSA) is 108 Å². The molecule has 0 fully saturated rings. The maximum Gasteiger partial charge on any atom is 0.323 e. The molecule has 0 aliphatic carbocycles. The Bertz CT molecular complexity index is 1190.